The van der Waals surface area contributed by atoms with Crippen molar-refractivity contribution in [2.75, 3.05) is 0 Å². The Bertz CT molecular complexity index is 566. The zero-order chi connectivity index (χ0) is 13.1. The third kappa shape index (κ3) is 2.22. The van der Waals surface area contributed by atoms with Gasteiger partial charge in [0.25, 0.3) is 0 Å². The molecule has 0 amide bonds. The van der Waals surface area contributed by atoms with Crippen LogP contribution in [-0.4, -0.2) is 14.7 Å². The Morgan fingerprint density at radius 1 is 1.39 bits per heavy atom. The van der Waals surface area contributed by atoms with E-state index in [0.29, 0.717) is 17.8 Å². The molecule has 18 heavy (non-hydrogen) atoms. The van der Waals surface area contributed by atoms with E-state index in [2.05, 4.69) is 5.10 Å². The van der Waals surface area contributed by atoms with E-state index in [-0.39, 0.29) is 10.8 Å². The molecule has 0 unspecified atom stereocenters. The van der Waals surface area contributed by atoms with Gasteiger partial charge in [-0.1, -0.05) is 43.1 Å². The van der Waals surface area contributed by atoms with Gasteiger partial charge in [-0.25, -0.2) is 4.68 Å². The summed E-state index contributed by atoms with van der Waals surface area (Å²) in [5, 5.41) is 15.3. The maximum absolute atomic E-state index is 11.0. The van der Waals surface area contributed by atoms with E-state index < -0.39 is 4.92 Å². The van der Waals surface area contributed by atoms with Crippen LogP contribution in [0.15, 0.2) is 30.3 Å². The Labute approximate surface area is 109 Å². The van der Waals surface area contributed by atoms with Gasteiger partial charge in [-0.2, -0.15) is 5.10 Å². The van der Waals surface area contributed by atoms with Gasteiger partial charge in [-0.15, -0.1) is 0 Å². The van der Waals surface area contributed by atoms with Crippen molar-refractivity contribution < 1.29 is 4.92 Å². The fraction of sp³-hybridized carbons (Fsp3) is 0.250. The van der Waals surface area contributed by atoms with Crippen molar-refractivity contribution in [2.24, 2.45) is 0 Å². The molecular formula is C12H12ClN3O2. The normalized spacial score (nSPS) is 10.6. The lowest BCUT2D eigenvalue weighted by Crippen LogP contribution is -1.96. The molecule has 6 heteroatoms. The third-order valence-corrected chi connectivity index (χ3v) is 2.88. The quantitative estimate of drug-likeness (QED) is 0.629. The fourth-order valence-electron chi connectivity index (χ4n) is 1.76. The molecule has 1 heterocycles. The summed E-state index contributed by atoms with van der Waals surface area (Å²) in [5.41, 5.74) is 1.05. The van der Waals surface area contributed by atoms with Gasteiger partial charge in [0.15, 0.2) is 0 Å². The first-order valence-electron chi connectivity index (χ1n) is 5.62. The summed E-state index contributed by atoms with van der Waals surface area (Å²) < 4.78 is 1.41. The minimum absolute atomic E-state index is 0.0506. The number of nitro groups is 1. The van der Waals surface area contributed by atoms with Gasteiger partial charge in [-0.05, 0) is 18.6 Å². The van der Waals surface area contributed by atoms with Crippen LogP contribution < -0.4 is 0 Å². The molecule has 0 N–H and O–H groups in total. The van der Waals surface area contributed by atoms with Crippen LogP contribution in [0.2, 0.25) is 5.15 Å². The summed E-state index contributed by atoms with van der Waals surface area (Å²) in [5.74, 6) is 0. The summed E-state index contributed by atoms with van der Waals surface area (Å²) in [6.07, 6.45) is 1.32. The van der Waals surface area contributed by atoms with E-state index in [1.165, 1.54) is 4.68 Å². The van der Waals surface area contributed by atoms with Gasteiger partial charge < -0.3 is 0 Å². The number of nitrogens with zero attached hydrogens (tertiary/aromatic N) is 3. The first kappa shape index (κ1) is 12.6. The maximum atomic E-state index is 11.0. The van der Waals surface area contributed by atoms with Gasteiger partial charge in [0.05, 0.1) is 10.6 Å². The molecule has 0 bridgehead atoms. The number of hydrogen-bond acceptors (Lipinski definition) is 3. The lowest BCUT2D eigenvalue weighted by Gasteiger charge is -2.00. The maximum Gasteiger partial charge on any atom is 0.329 e. The van der Waals surface area contributed by atoms with Crippen molar-refractivity contribution in [3.63, 3.8) is 0 Å². The molecule has 0 saturated carbocycles. The van der Waals surface area contributed by atoms with Gasteiger partial charge in [0.1, 0.15) is 5.69 Å². The molecule has 0 aliphatic rings. The smallest absolute Gasteiger partial charge is 0.258 e. The average molecular weight is 266 g/mol. The molecule has 0 saturated heterocycles. The van der Waals surface area contributed by atoms with E-state index in [1.807, 2.05) is 25.1 Å². The van der Waals surface area contributed by atoms with E-state index in [4.69, 9.17) is 11.6 Å². The predicted octanol–water partition coefficient (Wildman–Crippen LogP) is 3.39. The lowest BCUT2D eigenvalue weighted by atomic mass is 10.2. The van der Waals surface area contributed by atoms with Crippen molar-refractivity contribution in [1.29, 1.82) is 0 Å². The molecule has 0 aliphatic carbocycles. The summed E-state index contributed by atoms with van der Waals surface area (Å²) >= 11 is 6.05. The summed E-state index contributed by atoms with van der Waals surface area (Å²) in [7, 11) is 0. The van der Waals surface area contributed by atoms with Crippen LogP contribution >= 0.6 is 11.6 Å². The number of benzene rings is 1. The summed E-state index contributed by atoms with van der Waals surface area (Å²) in [4.78, 5) is 10.6. The molecule has 5 nitrogen and oxygen atoms in total. The molecular weight excluding hydrogens is 254 g/mol. The molecule has 0 atom stereocenters. The zero-order valence-electron chi connectivity index (χ0n) is 9.84. The molecule has 94 valence electrons. The van der Waals surface area contributed by atoms with Crippen molar-refractivity contribution in [1.82, 2.24) is 9.78 Å². The van der Waals surface area contributed by atoms with Crippen molar-refractivity contribution in [3.05, 3.63) is 51.3 Å². The highest BCUT2D eigenvalue weighted by Crippen LogP contribution is 2.31. The van der Waals surface area contributed by atoms with Crippen molar-refractivity contribution >= 4 is 17.3 Å². The second kappa shape index (κ2) is 5.18. The van der Waals surface area contributed by atoms with E-state index in [9.17, 15) is 10.1 Å². The van der Waals surface area contributed by atoms with Gasteiger partial charge in [-0.3, -0.25) is 10.1 Å². The van der Waals surface area contributed by atoms with Crippen molar-refractivity contribution in [3.8, 4) is 5.69 Å². The van der Waals surface area contributed by atoms with Crippen LogP contribution in [0.4, 0.5) is 5.69 Å². The number of halogens is 1. The van der Waals surface area contributed by atoms with Crippen LogP contribution in [0.1, 0.15) is 19.0 Å². The third-order valence-electron chi connectivity index (χ3n) is 2.55. The van der Waals surface area contributed by atoms with E-state index in [1.54, 1.807) is 12.1 Å². The van der Waals surface area contributed by atoms with Gasteiger partial charge >= 0.3 is 5.69 Å². The Morgan fingerprint density at radius 3 is 2.61 bits per heavy atom. The zero-order valence-corrected chi connectivity index (χ0v) is 10.6. The number of aromatic nitrogens is 2. The first-order valence-corrected chi connectivity index (χ1v) is 6.00. The van der Waals surface area contributed by atoms with Crippen LogP contribution in [0.5, 0.6) is 0 Å². The van der Waals surface area contributed by atoms with E-state index in [0.717, 1.165) is 6.42 Å². The lowest BCUT2D eigenvalue weighted by molar-refractivity contribution is -0.385. The number of para-hydroxylation sites is 1. The van der Waals surface area contributed by atoms with Gasteiger partial charge in [0.2, 0.25) is 5.15 Å². The predicted molar refractivity (Wildman–Crippen MR) is 69.2 cm³/mol. The minimum Gasteiger partial charge on any atom is -0.258 e. The minimum atomic E-state index is -0.472. The molecule has 0 aliphatic heterocycles. The largest absolute Gasteiger partial charge is 0.329 e. The Kier molecular flexibility index (Phi) is 3.62. The highest BCUT2D eigenvalue weighted by Gasteiger charge is 2.26. The van der Waals surface area contributed by atoms with Crippen molar-refractivity contribution in [2.45, 2.75) is 19.8 Å². The topological polar surface area (TPSA) is 61.0 Å². The average Bonchev–Trinajstić information content (AvgIpc) is 2.68. The Hall–Kier alpha value is -1.88. The van der Waals surface area contributed by atoms with Crippen LogP contribution in [0, 0.1) is 10.1 Å². The second-order valence-corrected chi connectivity index (χ2v) is 4.20. The molecule has 0 spiro atoms. The molecule has 0 fully saturated rings. The first-order chi connectivity index (χ1) is 8.65. The summed E-state index contributed by atoms with van der Waals surface area (Å²) in [6.45, 7) is 1.94. The van der Waals surface area contributed by atoms with Gasteiger partial charge in [0, 0.05) is 0 Å². The Morgan fingerprint density at radius 2 is 2.06 bits per heavy atom. The SMILES string of the molecule is CCCc1nn(-c2ccccc2)c(Cl)c1[N+](=O)[O-]. The monoisotopic (exact) mass is 265 g/mol. The molecule has 1 aromatic heterocycles. The molecule has 2 aromatic rings. The number of aryl methyl sites for hydroxylation is 1. The standard InChI is InChI=1S/C12H12ClN3O2/c1-2-6-10-11(16(17)18)12(13)15(14-10)9-7-4-3-5-8-9/h3-5,7-8H,2,6H2,1H3. The van der Waals surface area contributed by atoms with Crippen LogP contribution in [0.25, 0.3) is 5.69 Å². The number of rotatable bonds is 4. The molecule has 2 rings (SSSR count). The summed E-state index contributed by atoms with van der Waals surface area (Å²) in [6, 6.07) is 9.14. The van der Waals surface area contributed by atoms with Crippen LogP contribution in [-0.2, 0) is 6.42 Å². The highest BCUT2D eigenvalue weighted by molar-refractivity contribution is 6.32. The fourth-order valence-corrected chi connectivity index (χ4v) is 2.07. The second-order valence-electron chi connectivity index (χ2n) is 3.84. The van der Waals surface area contributed by atoms with Crippen LogP contribution in [0.3, 0.4) is 0 Å². The van der Waals surface area contributed by atoms with E-state index >= 15 is 0 Å². The Balaban J connectivity index is 2.57. The molecule has 0 radical (unpaired) electrons. The molecule has 1 aromatic carbocycles. The highest BCUT2D eigenvalue weighted by atomic mass is 35.5. The number of hydrogen-bond donors (Lipinski definition) is 0.